The molecule has 4 rings (SSSR count). The van der Waals surface area contributed by atoms with Crippen LogP contribution in [-0.4, -0.2) is 51.8 Å². The first kappa shape index (κ1) is 20.3. The van der Waals surface area contributed by atoms with Gasteiger partial charge in [0, 0.05) is 55.5 Å². The van der Waals surface area contributed by atoms with Crippen LogP contribution < -0.4 is 20.3 Å². The molecule has 2 aliphatic heterocycles. The molecule has 0 saturated carbocycles. The van der Waals surface area contributed by atoms with Crippen LogP contribution in [0.25, 0.3) is 5.70 Å². The van der Waals surface area contributed by atoms with Gasteiger partial charge in [0.1, 0.15) is 11.6 Å². The van der Waals surface area contributed by atoms with Gasteiger partial charge in [-0.2, -0.15) is 0 Å². The van der Waals surface area contributed by atoms with E-state index in [-0.39, 0.29) is 5.82 Å². The Balaban J connectivity index is 1.48. The van der Waals surface area contributed by atoms with Crippen LogP contribution in [0.15, 0.2) is 59.8 Å². The highest BCUT2D eigenvalue weighted by atomic mass is 19.1. The van der Waals surface area contributed by atoms with Gasteiger partial charge < -0.3 is 25.2 Å². The number of methoxy groups -OCH3 is 1. The molecule has 5 nitrogen and oxygen atoms in total. The third kappa shape index (κ3) is 4.28. The van der Waals surface area contributed by atoms with Gasteiger partial charge in [-0.1, -0.05) is 6.07 Å². The molecule has 6 heteroatoms. The van der Waals surface area contributed by atoms with Crippen molar-refractivity contribution in [2.75, 3.05) is 57.1 Å². The van der Waals surface area contributed by atoms with Crippen molar-refractivity contribution in [2.24, 2.45) is 0 Å². The number of benzene rings is 2. The fourth-order valence-corrected chi connectivity index (χ4v) is 3.92. The molecule has 158 valence electrons. The van der Waals surface area contributed by atoms with Crippen molar-refractivity contribution in [3.05, 3.63) is 71.2 Å². The zero-order valence-corrected chi connectivity index (χ0v) is 17.8. The molecular formula is C24H29FN4O. The van der Waals surface area contributed by atoms with Crippen LogP contribution in [0.2, 0.25) is 0 Å². The number of hydrogen-bond acceptors (Lipinski definition) is 5. The van der Waals surface area contributed by atoms with Crippen LogP contribution in [0.5, 0.6) is 5.75 Å². The van der Waals surface area contributed by atoms with E-state index in [1.54, 1.807) is 19.2 Å². The second-order valence-electron chi connectivity index (χ2n) is 7.84. The van der Waals surface area contributed by atoms with Crippen molar-refractivity contribution in [1.82, 2.24) is 10.2 Å². The number of piperazine rings is 1. The molecule has 2 heterocycles. The normalized spacial score (nSPS) is 18.7. The standard InChI is InChI=1S/C24H29FN4O/c1-17(18-15-22(26-16-18)24-21(25)5-4-6-23(24)30-3)27-19-7-9-20(10-8-19)29-13-11-28(2)12-14-29/h4-10,15,26-27H,11-14,16H2,1-3H3/b18-17-. The first-order valence-electron chi connectivity index (χ1n) is 10.3. The van der Waals surface area contributed by atoms with E-state index in [2.05, 4.69) is 51.7 Å². The largest absolute Gasteiger partial charge is 0.496 e. The molecule has 0 bridgehead atoms. The molecule has 0 spiro atoms. The minimum Gasteiger partial charge on any atom is -0.496 e. The fraction of sp³-hybridized carbons (Fsp3) is 0.333. The van der Waals surface area contributed by atoms with Gasteiger partial charge in [-0.15, -0.1) is 0 Å². The summed E-state index contributed by atoms with van der Waals surface area (Å²) in [5.74, 6) is 0.236. The number of nitrogens with zero attached hydrogens (tertiary/aromatic N) is 2. The topological polar surface area (TPSA) is 39.8 Å². The molecule has 0 aliphatic carbocycles. The minimum absolute atomic E-state index is 0.292. The molecule has 2 aromatic rings. The molecule has 0 unspecified atom stereocenters. The van der Waals surface area contributed by atoms with E-state index < -0.39 is 0 Å². The van der Waals surface area contributed by atoms with Crippen LogP contribution in [0.4, 0.5) is 15.8 Å². The van der Waals surface area contributed by atoms with Gasteiger partial charge >= 0.3 is 0 Å². The first-order valence-corrected chi connectivity index (χ1v) is 10.3. The van der Waals surface area contributed by atoms with Crippen LogP contribution in [0, 0.1) is 5.82 Å². The Bertz CT molecular complexity index is 960. The molecular weight excluding hydrogens is 379 g/mol. The van der Waals surface area contributed by atoms with Crippen molar-refractivity contribution in [1.29, 1.82) is 0 Å². The first-order chi connectivity index (χ1) is 14.5. The molecule has 0 amide bonds. The van der Waals surface area contributed by atoms with Crippen LogP contribution >= 0.6 is 0 Å². The third-order valence-electron chi connectivity index (χ3n) is 5.80. The highest BCUT2D eigenvalue weighted by molar-refractivity contribution is 5.75. The Kier molecular flexibility index (Phi) is 5.95. The van der Waals surface area contributed by atoms with Gasteiger partial charge in [0.15, 0.2) is 0 Å². The van der Waals surface area contributed by atoms with Gasteiger partial charge in [0.2, 0.25) is 0 Å². The average Bonchev–Trinajstić information content (AvgIpc) is 3.24. The molecule has 0 atom stereocenters. The third-order valence-corrected chi connectivity index (χ3v) is 5.80. The van der Waals surface area contributed by atoms with E-state index >= 15 is 0 Å². The van der Waals surface area contributed by atoms with E-state index in [0.717, 1.165) is 48.8 Å². The number of nitrogens with one attached hydrogen (secondary N) is 2. The highest BCUT2D eigenvalue weighted by Gasteiger charge is 2.19. The van der Waals surface area contributed by atoms with Gasteiger partial charge in [0.05, 0.1) is 12.7 Å². The number of allylic oxidation sites excluding steroid dienone is 1. The second-order valence-corrected chi connectivity index (χ2v) is 7.84. The van der Waals surface area contributed by atoms with Gasteiger partial charge in [0.25, 0.3) is 0 Å². The monoisotopic (exact) mass is 408 g/mol. The minimum atomic E-state index is -0.292. The van der Waals surface area contributed by atoms with Crippen LogP contribution in [0.1, 0.15) is 12.5 Å². The fourth-order valence-electron chi connectivity index (χ4n) is 3.92. The Morgan fingerprint density at radius 2 is 1.80 bits per heavy atom. The molecule has 2 aromatic carbocycles. The maximum Gasteiger partial charge on any atom is 0.136 e. The highest BCUT2D eigenvalue weighted by Crippen LogP contribution is 2.31. The average molecular weight is 409 g/mol. The van der Waals surface area contributed by atoms with Crippen molar-refractivity contribution >= 4 is 17.1 Å². The smallest absolute Gasteiger partial charge is 0.136 e. The predicted octanol–water partition coefficient (Wildman–Crippen LogP) is 3.92. The molecule has 2 aliphatic rings. The van der Waals surface area contributed by atoms with Crippen LogP contribution in [0.3, 0.4) is 0 Å². The molecule has 2 N–H and O–H groups in total. The van der Waals surface area contributed by atoms with Crippen molar-refractivity contribution in [2.45, 2.75) is 6.92 Å². The SMILES string of the molecule is COc1cccc(F)c1C1=C/C(=C(\C)Nc2ccc(N3CCN(C)CC3)cc2)CN1. The Morgan fingerprint density at radius 1 is 1.07 bits per heavy atom. The molecule has 0 radical (unpaired) electrons. The lowest BCUT2D eigenvalue weighted by Gasteiger charge is -2.34. The number of likely N-dealkylation sites (N-methyl/N-ethyl adjacent to an activating group) is 1. The van der Waals surface area contributed by atoms with Gasteiger partial charge in [-0.05, 0) is 62.0 Å². The number of hydrogen-bond donors (Lipinski definition) is 2. The van der Waals surface area contributed by atoms with Crippen molar-refractivity contribution in [3.63, 3.8) is 0 Å². The summed E-state index contributed by atoms with van der Waals surface area (Å²) in [5, 5.41) is 6.77. The molecule has 1 saturated heterocycles. The van der Waals surface area contributed by atoms with E-state index in [1.165, 1.54) is 11.8 Å². The summed E-state index contributed by atoms with van der Waals surface area (Å²) in [5.41, 5.74) is 5.66. The van der Waals surface area contributed by atoms with E-state index in [0.29, 0.717) is 17.9 Å². The van der Waals surface area contributed by atoms with Gasteiger partial charge in [-0.25, -0.2) is 4.39 Å². The summed E-state index contributed by atoms with van der Waals surface area (Å²) < 4.78 is 19.7. The maximum atomic E-state index is 14.4. The zero-order valence-electron chi connectivity index (χ0n) is 17.8. The van der Waals surface area contributed by atoms with Crippen molar-refractivity contribution < 1.29 is 9.13 Å². The Hall–Kier alpha value is -2.99. The molecule has 0 aromatic heterocycles. The summed E-state index contributed by atoms with van der Waals surface area (Å²) in [6.07, 6.45) is 1.99. The second kappa shape index (κ2) is 8.79. The lowest BCUT2D eigenvalue weighted by Crippen LogP contribution is -2.44. The molecule has 30 heavy (non-hydrogen) atoms. The molecule has 1 fully saturated rings. The lowest BCUT2D eigenvalue weighted by atomic mass is 10.1. The van der Waals surface area contributed by atoms with E-state index in [1.807, 2.05) is 13.0 Å². The van der Waals surface area contributed by atoms with E-state index in [9.17, 15) is 4.39 Å². The lowest BCUT2D eigenvalue weighted by molar-refractivity contribution is 0.313. The van der Waals surface area contributed by atoms with Crippen molar-refractivity contribution in [3.8, 4) is 5.75 Å². The number of ether oxygens (including phenoxy) is 1. The summed E-state index contributed by atoms with van der Waals surface area (Å²) in [7, 11) is 3.73. The summed E-state index contributed by atoms with van der Waals surface area (Å²) >= 11 is 0. The quantitative estimate of drug-likeness (QED) is 0.785. The number of halogens is 1. The Morgan fingerprint density at radius 3 is 2.50 bits per heavy atom. The summed E-state index contributed by atoms with van der Waals surface area (Å²) in [4.78, 5) is 4.78. The maximum absolute atomic E-state index is 14.4. The van der Waals surface area contributed by atoms with Gasteiger partial charge in [-0.3, -0.25) is 0 Å². The predicted molar refractivity (Wildman–Crippen MR) is 121 cm³/mol. The van der Waals surface area contributed by atoms with Crippen LogP contribution in [-0.2, 0) is 0 Å². The summed E-state index contributed by atoms with van der Waals surface area (Å²) in [6.45, 7) is 7.00. The number of anilines is 2. The van der Waals surface area contributed by atoms with E-state index in [4.69, 9.17) is 4.74 Å². The zero-order chi connectivity index (χ0) is 21.1. The number of rotatable bonds is 5. The summed E-state index contributed by atoms with van der Waals surface area (Å²) in [6, 6.07) is 13.5. The Labute approximate surface area is 177 Å².